The van der Waals surface area contributed by atoms with Gasteiger partial charge < -0.3 is 10.2 Å². The Bertz CT molecular complexity index is 1080. The molecule has 3 rings (SSSR count). The number of aryl methyl sites for hydroxylation is 1. The van der Waals surface area contributed by atoms with E-state index in [9.17, 15) is 26.4 Å². The maximum absolute atomic E-state index is 13.5. The highest BCUT2D eigenvalue weighted by molar-refractivity contribution is 7.89. The van der Waals surface area contributed by atoms with Gasteiger partial charge in [0.25, 0.3) is 5.91 Å². The minimum atomic E-state index is -4.68. The fourth-order valence-electron chi connectivity index (χ4n) is 2.85. The van der Waals surface area contributed by atoms with Crippen LogP contribution < -0.4 is 14.9 Å². The van der Waals surface area contributed by atoms with Crippen LogP contribution in [0.1, 0.15) is 34.3 Å². The van der Waals surface area contributed by atoms with Gasteiger partial charge >= 0.3 is 6.18 Å². The summed E-state index contributed by atoms with van der Waals surface area (Å²) in [4.78, 5) is 14.2. The van der Waals surface area contributed by atoms with Gasteiger partial charge in [-0.1, -0.05) is 6.07 Å². The van der Waals surface area contributed by atoms with Crippen molar-refractivity contribution < 1.29 is 26.4 Å². The Morgan fingerprint density at radius 2 is 1.77 bits per heavy atom. The molecular formula is C20H22F3N3O3S. The molecule has 0 aromatic heterocycles. The van der Waals surface area contributed by atoms with Crippen LogP contribution in [0, 0.1) is 6.92 Å². The summed E-state index contributed by atoms with van der Waals surface area (Å²) in [6.45, 7) is 1.58. The number of hydrogen-bond donors (Lipinski definition) is 2. The van der Waals surface area contributed by atoms with Crippen LogP contribution in [-0.4, -0.2) is 34.5 Å². The molecule has 162 valence electrons. The fraction of sp³-hybridized carbons (Fsp3) is 0.350. The Kier molecular flexibility index (Phi) is 5.83. The number of carbonyl (C=O) groups excluding carboxylic acids is 1. The second-order valence-electron chi connectivity index (χ2n) is 7.45. The highest BCUT2D eigenvalue weighted by Gasteiger charge is 2.35. The number of carbonyl (C=O) groups is 1. The molecule has 0 radical (unpaired) electrons. The van der Waals surface area contributed by atoms with E-state index in [0.29, 0.717) is 11.3 Å². The van der Waals surface area contributed by atoms with Crippen molar-refractivity contribution in [3.63, 3.8) is 0 Å². The van der Waals surface area contributed by atoms with Crippen LogP contribution in [0.2, 0.25) is 0 Å². The minimum absolute atomic E-state index is 0.0153. The fourth-order valence-corrected chi connectivity index (χ4v) is 4.18. The molecule has 10 heteroatoms. The molecular weight excluding hydrogens is 419 g/mol. The Morgan fingerprint density at radius 3 is 2.33 bits per heavy atom. The predicted octanol–water partition coefficient (Wildman–Crippen LogP) is 3.77. The van der Waals surface area contributed by atoms with Crippen LogP contribution in [0.3, 0.4) is 0 Å². The van der Waals surface area contributed by atoms with Crippen molar-refractivity contribution in [3.8, 4) is 0 Å². The third-order valence-corrected chi connectivity index (χ3v) is 6.25. The zero-order chi connectivity index (χ0) is 22.3. The number of amides is 1. The van der Waals surface area contributed by atoms with Gasteiger partial charge in [-0.3, -0.25) is 4.79 Å². The van der Waals surface area contributed by atoms with Crippen molar-refractivity contribution in [2.45, 2.75) is 36.9 Å². The standard InChI is InChI=1S/C20H22F3N3O3S/c1-12-4-8-15(30(28,29)25-13-5-6-13)11-16(12)19(27)24-18-9-7-14(26(2)3)10-17(18)20(21,22)23/h4,7-11,13,25H,5-6H2,1-3H3,(H,24,27). The predicted molar refractivity (Wildman–Crippen MR) is 108 cm³/mol. The first kappa shape index (κ1) is 22.1. The van der Waals surface area contributed by atoms with Crippen LogP contribution in [0.15, 0.2) is 41.3 Å². The molecule has 1 saturated carbocycles. The first-order valence-electron chi connectivity index (χ1n) is 9.21. The third-order valence-electron chi connectivity index (χ3n) is 4.74. The van der Waals surface area contributed by atoms with Gasteiger partial charge in [-0.2, -0.15) is 13.2 Å². The molecule has 1 amide bonds. The van der Waals surface area contributed by atoms with Crippen molar-refractivity contribution in [1.29, 1.82) is 0 Å². The van der Waals surface area contributed by atoms with Crippen molar-refractivity contribution in [2.75, 3.05) is 24.3 Å². The Balaban J connectivity index is 1.93. The topological polar surface area (TPSA) is 78.5 Å². The molecule has 0 saturated heterocycles. The molecule has 1 aliphatic carbocycles. The van der Waals surface area contributed by atoms with Crippen molar-refractivity contribution in [3.05, 3.63) is 53.1 Å². The molecule has 1 aliphatic rings. The summed E-state index contributed by atoms with van der Waals surface area (Å²) in [5, 5.41) is 2.28. The van der Waals surface area contributed by atoms with Gasteiger partial charge in [-0.15, -0.1) is 0 Å². The molecule has 1 fully saturated rings. The van der Waals surface area contributed by atoms with Gasteiger partial charge in [-0.05, 0) is 55.7 Å². The van der Waals surface area contributed by atoms with E-state index >= 15 is 0 Å². The number of sulfonamides is 1. The largest absolute Gasteiger partial charge is 0.418 e. The quantitative estimate of drug-likeness (QED) is 0.715. The van der Waals surface area contributed by atoms with Crippen molar-refractivity contribution >= 4 is 27.3 Å². The van der Waals surface area contributed by atoms with Gasteiger partial charge in [0, 0.05) is 31.4 Å². The van der Waals surface area contributed by atoms with Crippen molar-refractivity contribution in [2.24, 2.45) is 0 Å². The van der Waals surface area contributed by atoms with E-state index in [1.165, 1.54) is 35.2 Å². The van der Waals surface area contributed by atoms with Gasteiger partial charge in [0.2, 0.25) is 10.0 Å². The molecule has 0 atom stereocenters. The summed E-state index contributed by atoms with van der Waals surface area (Å²) in [6, 6.07) is 7.47. The van der Waals surface area contributed by atoms with E-state index in [2.05, 4.69) is 10.0 Å². The molecule has 0 spiro atoms. The summed E-state index contributed by atoms with van der Waals surface area (Å²) in [5.74, 6) is -0.820. The summed E-state index contributed by atoms with van der Waals surface area (Å²) >= 11 is 0. The number of rotatable bonds is 6. The van der Waals surface area contributed by atoms with E-state index in [4.69, 9.17) is 0 Å². The van der Waals surface area contributed by atoms with Gasteiger partial charge in [0.05, 0.1) is 16.1 Å². The molecule has 0 aliphatic heterocycles. The summed E-state index contributed by atoms with van der Waals surface area (Å²) in [6.07, 6.45) is -3.17. The average Bonchev–Trinajstić information content (AvgIpc) is 3.44. The number of alkyl halides is 3. The number of benzene rings is 2. The second-order valence-corrected chi connectivity index (χ2v) is 9.16. The Labute approximate surface area is 173 Å². The molecule has 2 aromatic rings. The van der Waals surface area contributed by atoms with Crippen LogP contribution >= 0.6 is 0 Å². The number of halogens is 3. The number of hydrogen-bond acceptors (Lipinski definition) is 4. The zero-order valence-electron chi connectivity index (χ0n) is 16.7. The number of nitrogens with one attached hydrogen (secondary N) is 2. The summed E-state index contributed by atoms with van der Waals surface area (Å²) in [7, 11) is -0.585. The maximum atomic E-state index is 13.5. The third kappa shape index (κ3) is 4.93. The molecule has 0 bridgehead atoms. The lowest BCUT2D eigenvalue weighted by Crippen LogP contribution is -2.26. The SMILES string of the molecule is Cc1ccc(S(=O)(=O)NC2CC2)cc1C(=O)Nc1ccc(N(C)C)cc1C(F)(F)F. The lowest BCUT2D eigenvalue weighted by molar-refractivity contribution is -0.136. The molecule has 0 unspecified atom stereocenters. The summed E-state index contributed by atoms with van der Waals surface area (Å²) in [5.41, 5.74) is -0.633. The van der Waals surface area contributed by atoms with E-state index in [1.807, 2.05) is 0 Å². The van der Waals surface area contributed by atoms with Crippen LogP contribution in [0.5, 0.6) is 0 Å². The molecule has 0 heterocycles. The Hall–Kier alpha value is -2.59. The molecule has 2 aromatic carbocycles. The van der Waals surface area contributed by atoms with Crippen molar-refractivity contribution in [1.82, 2.24) is 4.72 Å². The number of anilines is 2. The number of nitrogens with zero attached hydrogens (tertiary/aromatic N) is 1. The zero-order valence-corrected chi connectivity index (χ0v) is 17.5. The Morgan fingerprint density at radius 1 is 1.10 bits per heavy atom. The lowest BCUT2D eigenvalue weighted by Gasteiger charge is -2.19. The highest BCUT2D eigenvalue weighted by atomic mass is 32.2. The van der Waals surface area contributed by atoms with E-state index in [1.54, 1.807) is 21.0 Å². The van der Waals surface area contributed by atoms with Crippen LogP contribution in [-0.2, 0) is 16.2 Å². The first-order valence-corrected chi connectivity index (χ1v) is 10.7. The van der Waals surface area contributed by atoms with Gasteiger partial charge in [-0.25, -0.2) is 13.1 Å². The second kappa shape index (κ2) is 7.92. The minimum Gasteiger partial charge on any atom is -0.378 e. The molecule has 30 heavy (non-hydrogen) atoms. The van der Waals surface area contributed by atoms with Gasteiger partial charge in [0.15, 0.2) is 0 Å². The van der Waals surface area contributed by atoms with Crippen LogP contribution in [0.4, 0.5) is 24.5 Å². The van der Waals surface area contributed by atoms with Gasteiger partial charge in [0.1, 0.15) is 0 Å². The van der Waals surface area contributed by atoms with E-state index < -0.39 is 33.4 Å². The lowest BCUT2D eigenvalue weighted by atomic mass is 10.1. The average molecular weight is 441 g/mol. The smallest absolute Gasteiger partial charge is 0.378 e. The highest BCUT2D eigenvalue weighted by Crippen LogP contribution is 2.37. The first-order chi connectivity index (χ1) is 13.9. The van der Waals surface area contributed by atoms with E-state index in [-0.39, 0.29) is 16.5 Å². The normalized spacial score (nSPS) is 14.5. The maximum Gasteiger partial charge on any atom is 0.418 e. The van der Waals surface area contributed by atoms with Crippen LogP contribution in [0.25, 0.3) is 0 Å². The molecule has 6 nitrogen and oxygen atoms in total. The summed E-state index contributed by atoms with van der Waals surface area (Å²) < 4.78 is 67.9. The van der Waals surface area contributed by atoms with E-state index in [0.717, 1.165) is 18.9 Å². The molecule has 2 N–H and O–H groups in total. The monoisotopic (exact) mass is 441 g/mol.